The number of esters is 1. The first-order valence-corrected chi connectivity index (χ1v) is 9.87. The van der Waals surface area contributed by atoms with Crippen molar-refractivity contribution in [2.24, 2.45) is 17.8 Å². The van der Waals surface area contributed by atoms with Crippen molar-refractivity contribution >= 4 is 5.97 Å². The summed E-state index contributed by atoms with van der Waals surface area (Å²) in [5.41, 5.74) is 3.41. The lowest BCUT2D eigenvalue weighted by Gasteiger charge is -2.29. The van der Waals surface area contributed by atoms with Crippen LogP contribution in [0.5, 0.6) is 5.75 Å². The lowest BCUT2D eigenvalue weighted by molar-refractivity contribution is -0.136. The van der Waals surface area contributed by atoms with Crippen LogP contribution in [0.25, 0.3) is 0 Å². The maximum Gasteiger partial charge on any atom is 0.314 e. The lowest BCUT2D eigenvalue weighted by Crippen LogP contribution is -2.23. The fourth-order valence-corrected chi connectivity index (χ4v) is 4.51. The summed E-state index contributed by atoms with van der Waals surface area (Å²) in [6.07, 6.45) is 4.96. The highest BCUT2D eigenvalue weighted by Gasteiger charge is 2.56. The van der Waals surface area contributed by atoms with Gasteiger partial charge in [0.15, 0.2) is 0 Å². The molecule has 3 atom stereocenters. The molecular weight excluding hydrogens is 308 g/mol. The van der Waals surface area contributed by atoms with E-state index in [0.29, 0.717) is 11.8 Å². The van der Waals surface area contributed by atoms with Gasteiger partial charge in [-0.05, 0) is 42.4 Å². The molecule has 2 heteroatoms. The normalized spacial score (nSPS) is 26.1. The quantitative estimate of drug-likeness (QED) is 0.492. The van der Waals surface area contributed by atoms with Crippen LogP contribution in [0.15, 0.2) is 12.1 Å². The van der Waals surface area contributed by atoms with Gasteiger partial charge in [0.2, 0.25) is 0 Å². The van der Waals surface area contributed by atoms with E-state index in [1.165, 1.54) is 31.2 Å². The molecule has 0 amide bonds. The van der Waals surface area contributed by atoms with Crippen molar-refractivity contribution < 1.29 is 9.53 Å². The Hall–Kier alpha value is -1.31. The fraction of sp³-hybridized carbons (Fsp3) is 0.696. The van der Waals surface area contributed by atoms with E-state index in [-0.39, 0.29) is 22.7 Å². The van der Waals surface area contributed by atoms with Crippen molar-refractivity contribution in [3.8, 4) is 5.75 Å². The zero-order valence-corrected chi connectivity index (χ0v) is 17.0. The summed E-state index contributed by atoms with van der Waals surface area (Å²) < 4.78 is 6.16. The Balaban J connectivity index is 1.97. The minimum absolute atomic E-state index is 0.0109. The van der Waals surface area contributed by atoms with Crippen molar-refractivity contribution in [3.63, 3.8) is 0 Å². The molecule has 0 saturated heterocycles. The number of fused-ring (bicyclic) bond motifs is 1. The highest BCUT2D eigenvalue weighted by molar-refractivity contribution is 5.80. The summed E-state index contributed by atoms with van der Waals surface area (Å²) in [5, 5.41) is 0. The molecule has 0 aliphatic heterocycles. The van der Waals surface area contributed by atoms with Gasteiger partial charge >= 0.3 is 5.97 Å². The number of rotatable bonds is 2. The second-order valence-electron chi connectivity index (χ2n) is 10.2. The number of benzene rings is 1. The number of carbonyl (C=O) groups is 1. The van der Waals surface area contributed by atoms with Gasteiger partial charge in [0.1, 0.15) is 5.75 Å². The summed E-state index contributed by atoms with van der Waals surface area (Å²) in [7, 11) is 0. The lowest BCUT2D eigenvalue weighted by atomic mass is 9.78. The van der Waals surface area contributed by atoms with E-state index in [2.05, 4.69) is 60.6 Å². The highest BCUT2D eigenvalue weighted by Crippen LogP contribution is 2.56. The third-order valence-corrected chi connectivity index (χ3v) is 5.98. The Morgan fingerprint density at radius 3 is 1.76 bits per heavy atom. The Kier molecular flexibility index (Phi) is 4.54. The van der Waals surface area contributed by atoms with Gasteiger partial charge in [0.25, 0.3) is 0 Å². The van der Waals surface area contributed by atoms with Crippen LogP contribution in [-0.4, -0.2) is 5.97 Å². The van der Waals surface area contributed by atoms with E-state index in [9.17, 15) is 4.79 Å². The standard InChI is InChI=1S/C23H34O2/c1-14-12-17(22(2,3)4)20(18(13-14)23(5,6)7)25-21(24)19-15-10-8-9-11-16(15)19/h12-13,15-16,19H,8-11H2,1-7H3/t15-,16+,19?. The second-order valence-corrected chi connectivity index (χ2v) is 10.2. The Morgan fingerprint density at radius 2 is 1.36 bits per heavy atom. The molecule has 0 radical (unpaired) electrons. The molecule has 2 aliphatic carbocycles. The zero-order chi connectivity index (χ0) is 18.6. The van der Waals surface area contributed by atoms with Crippen LogP contribution in [0.3, 0.4) is 0 Å². The van der Waals surface area contributed by atoms with Crippen LogP contribution in [0, 0.1) is 24.7 Å². The third kappa shape index (κ3) is 3.64. The predicted molar refractivity (Wildman–Crippen MR) is 103 cm³/mol. The van der Waals surface area contributed by atoms with Crippen LogP contribution in [-0.2, 0) is 15.6 Å². The number of carbonyl (C=O) groups excluding carboxylic acids is 1. The molecule has 2 saturated carbocycles. The van der Waals surface area contributed by atoms with Gasteiger partial charge in [0.05, 0.1) is 5.92 Å². The van der Waals surface area contributed by atoms with Gasteiger partial charge in [-0.3, -0.25) is 4.79 Å². The average molecular weight is 343 g/mol. The molecule has 0 bridgehead atoms. The van der Waals surface area contributed by atoms with Crippen LogP contribution >= 0.6 is 0 Å². The topological polar surface area (TPSA) is 26.3 Å². The van der Waals surface area contributed by atoms with E-state index < -0.39 is 0 Å². The molecule has 0 spiro atoms. The fourth-order valence-electron chi connectivity index (χ4n) is 4.51. The van der Waals surface area contributed by atoms with Crippen LogP contribution in [0.1, 0.15) is 83.9 Å². The Bertz CT molecular complexity index is 625. The largest absolute Gasteiger partial charge is 0.426 e. The van der Waals surface area contributed by atoms with Gasteiger partial charge in [-0.2, -0.15) is 0 Å². The van der Waals surface area contributed by atoms with Crippen molar-refractivity contribution in [3.05, 3.63) is 28.8 Å². The molecule has 2 nitrogen and oxygen atoms in total. The summed E-state index contributed by atoms with van der Waals surface area (Å²) in [6.45, 7) is 15.3. The molecule has 2 aliphatic rings. The molecule has 0 N–H and O–H groups in total. The molecule has 3 rings (SSSR count). The molecule has 1 aromatic rings. The Labute approximate surface area is 153 Å². The van der Waals surface area contributed by atoms with Crippen LogP contribution in [0.2, 0.25) is 0 Å². The van der Waals surface area contributed by atoms with E-state index in [1.54, 1.807) is 0 Å². The van der Waals surface area contributed by atoms with Gasteiger partial charge in [0, 0.05) is 11.1 Å². The molecule has 25 heavy (non-hydrogen) atoms. The zero-order valence-electron chi connectivity index (χ0n) is 17.0. The van der Waals surface area contributed by atoms with Crippen LogP contribution < -0.4 is 4.74 Å². The van der Waals surface area contributed by atoms with Gasteiger partial charge in [-0.25, -0.2) is 0 Å². The molecule has 1 aromatic carbocycles. The Morgan fingerprint density at radius 1 is 0.920 bits per heavy atom. The highest BCUT2D eigenvalue weighted by atomic mass is 16.5. The van der Waals surface area contributed by atoms with Crippen molar-refractivity contribution in [2.45, 2.75) is 85.0 Å². The van der Waals surface area contributed by atoms with E-state index in [0.717, 1.165) is 16.9 Å². The maximum atomic E-state index is 13.0. The SMILES string of the molecule is Cc1cc(C(C)(C)C)c(OC(=O)C2[C@H]3CCCC[C@@H]23)c(C(C)(C)C)c1. The summed E-state index contributed by atoms with van der Waals surface area (Å²) in [4.78, 5) is 13.0. The number of hydrogen-bond acceptors (Lipinski definition) is 2. The maximum absolute atomic E-state index is 13.0. The minimum Gasteiger partial charge on any atom is -0.426 e. The van der Waals surface area contributed by atoms with Gasteiger partial charge in [-0.1, -0.05) is 72.1 Å². The molecule has 0 aromatic heterocycles. The molecular formula is C23H34O2. The summed E-state index contributed by atoms with van der Waals surface area (Å²) >= 11 is 0. The molecule has 1 unspecified atom stereocenters. The first-order chi connectivity index (χ1) is 11.5. The minimum atomic E-state index is -0.0576. The van der Waals surface area contributed by atoms with Crippen LogP contribution in [0.4, 0.5) is 0 Å². The number of aryl methyl sites for hydroxylation is 1. The van der Waals surface area contributed by atoms with Crippen molar-refractivity contribution in [1.82, 2.24) is 0 Å². The molecule has 2 fully saturated rings. The van der Waals surface area contributed by atoms with E-state index >= 15 is 0 Å². The van der Waals surface area contributed by atoms with E-state index in [4.69, 9.17) is 4.74 Å². The van der Waals surface area contributed by atoms with Crippen molar-refractivity contribution in [1.29, 1.82) is 0 Å². The molecule has 138 valence electrons. The predicted octanol–water partition coefficient (Wildman–Crippen LogP) is 5.93. The van der Waals surface area contributed by atoms with Crippen molar-refractivity contribution in [2.75, 3.05) is 0 Å². The average Bonchev–Trinajstić information content (AvgIpc) is 3.20. The first-order valence-electron chi connectivity index (χ1n) is 9.87. The van der Waals surface area contributed by atoms with Gasteiger partial charge < -0.3 is 4.74 Å². The smallest absolute Gasteiger partial charge is 0.314 e. The number of ether oxygens (including phenoxy) is 1. The number of hydrogen-bond donors (Lipinski definition) is 0. The first kappa shape index (κ1) is 18.5. The van der Waals surface area contributed by atoms with E-state index in [1.807, 2.05) is 0 Å². The second kappa shape index (κ2) is 6.14. The monoisotopic (exact) mass is 342 g/mol. The third-order valence-electron chi connectivity index (χ3n) is 5.98. The molecule has 0 heterocycles. The van der Waals surface area contributed by atoms with Gasteiger partial charge in [-0.15, -0.1) is 0 Å². The summed E-state index contributed by atoms with van der Waals surface area (Å²) in [5.74, 6) is 2.14. The summed E-state index contributed by atoms with van der Waals surface area (Å²) in [6, 6.07) is 4.38.